The third-order valence-corrected chi connectivity index (χ3v) is 5.05. The first-order valence-corrected chi connectivity index (χ1v) is 9.09. The molecule has 1 unspecified atom stereocenters. The standard InChI is InChI=1S/C16H15NO2S.C4H4O4/c1-19-12-8-6-11(7-9-12)16-14(18)10-17-13-4-2-3-5-15(13)20-16;5-3(6)1-2-4(7)8/h2-9,16-17H,10H2,1H3;1-2H,(H,5,6)(H,7,8). The fourth-order valence-corrected chi connectivity index (χ4v) is 3.54. The molecule has 0 saturated heterocycles. The Balaban J connectivity index is 0.000000300. The number of anilines is 1. The Morgan fingerprint density at radius 2 is 1.68 bits per heavy atom. The van der Waals surface area contributed by atoms with E-state index in [2.05, 4.69) is 5.32 Å². The van der Waals surface area contributed by atoms with E-state index in [0.29, 0.717) is 18.7 Å². The lowest BCUT2D eigenvalue weighted by molar-refractivity contribution is -0.134. The minimum absolute atomic E-state index is 0.169. The minimum Gasteiger partial charge on any atom is -0.497 e. The molecule has 0 aromatic heterocycles. The lowest BCUT2D eigenvalue weighted by atomic mass is 10.1. The zero-order valence-corrected chi connectivity index (χ0v) is 15.8. The van der Waals surface area contributed by atoms with Gasteiger partial charge >= 0.3 is 11.9 Å². The van der Waals surface area contributed by atoms with Gasteiger partial charge in [-0.25, -0.2) is 9.59 Å². The van der Waals surface area contributed by atoms with Crippen molar-refractivity contribution in [3.63, 3.8) is 0 Å². The lowest BCUT2D eigenvalue weighted by Crippen LogP contribution is -2.17. The minimum atomic E-state index is -1.26. The van der Waals surface area contributed by atoms with Crippen molar-refractivity contribution in [3.8, 4) is 5.75 Å². The largest absolute Gasteiger partial charge is 0.497 e. The average molecular weight is 401 g/mol. The Hall–Kier alpha value is -3.26. The number of methoxy groups -OCH3 is 1. The number of hydrogen-bond donors (Lipinski definition) is 3. The van der Waals surface area contributed by atoms with Crippen molar-refractivity contribution in [2.75, 3.05) is 19.0 Å². The van der Waals surface area contributed by atoms with Crippen LogP contribution in [-0.4, -0.2) is 41.6 Å². The maximum atomic E-state index is 12.3. The van der Waals surface area contributed by atoms with Gasteiger partial charge in [-0.1, -0.05) is 24.3 Å². The number of carboxylic acid groups (broad SMARTS) is 2. The molecule has 0 amide bonds. The fourth-order valence-electron chi connectivity index (χ4n) is 2.36. The molecule has 2 aromatic carbocycles. The van der Waals surface area contributed by atoms with E-state index in [1.807, 2.05) is 48.5 Å². The Morgan fingerprint density at radius 3 is 2.25 bits per heavy atom. The monoisotopic (exact) mass is 401 g/mol. The van der Waals surface area contributed by atoms with Crippen LogP contribution < -0.4 is 10.1 Å². The molecule has 1 atom stereocenters. The summed E-state index contributed by atoms with van der Waals surface area (Å²) in [5.74, 6) is -1.52. The number of fused-ring (bicyclic) bond motifs is 1. The van der Waals surface area contributed by atoms with Crippen LogP contribution in [0, 0.1) is 0 Å². The summed E-state index contributed by atoms with van der Waals surface area (Å²) in [5.41, 5.74) is 2.04. The number of rotatable bonds is 4. The van der Waals surface area contributed by atoms with Gasteiger partial charge in [0.1, 0.15) is 5.75 Å². The molecule has 0 radical (unpaired) electrons. The molecule has 1 aliphatic rings. The molecule has 1 heterocycles. The Morgan fingerprint density at radius 1 is 1.07 bits per heavy atom. The molecule has 1 aliphatic heterocycles. The SMILES string of the molecule is COc1ccc(C2Sc3ccccc3NCC2=O)cc1.O=C(O)C=CC(=O)O. The highest BCUT2D eigenvalue weighted by molar-refractivity contribution is 8.00. The van der Waals surface area contributed by atoms with E-state index in [4.69, 9.17) is 14.9 Å². The van der Waals surface area contributed by atoms with Crippen LogP contribution in [0.4, 0.5) is 5.69 Å². The summed E-state index contributed by atoms with van der Waals surface area (Å²) in [6.07, 6.45) is 1.12. The molecule has 3 N–H and O–H groups in total. The summed E-state index contributed by atoms with van der Waals surface area (Å²) < 4.78 is 5.16. The summed E-state index contributed by atoms with van der Waals surface area (Å²) in [5, 5.41) is 18.7. The number of ketones is 1. The molecule has 8 heteroatoms. The van der Waals surface area contributed by atoms with E-state index >= 15 is 0 Å². The molecular weight excluding hydrogens is 382 g/mol. The van der Waals surface area contributed by atoms with Crippen LogP contribution in [0.1, 0.15) is 10.8 Å². The molecule has 2 aromatic rings. The number of benzene rings is 2. The number of carbonyl (C=O) groups excluding carboxylic acids is 1. The summed E-state index contributed by atoms with van der Waals surface area (Å²) >= 11 is 1.60. The molecule has 7 nitrogen and oxygen atoms in total. The number of ether oxygens (including phenoxy) is 1. The first-order chi connectivity index (χ1) is 13.4. The highest BCUT2D eigenvalue weighted by atomic mass is 32.2. The molecule has 0 bridgehead atoms. The van der Waals surface area contributed by atoms with Gasteiger partial charge in [-0.3, -0.25) is 4.79 Å². The van der Waals surface area contributed by atoms with Crippen LogP contribution in [0.2, 0.25) is 0 Å². The molecule has 0 spiro atoms. The smallest absolute Gasteiger partial charge is 0.328 e. The summed E-state index contributed by atoms with van der Waals surface area (Å²) in [4.78, 5) is 32.5. The molecular formula is C20H19NO6S. The molecule has 0 fully saturated rings. The second-order valence-electron chi connectivity index (χ2n) is 5.60. The van der Waals surface area contributed by atoms with Crippen molar-refractivity contribution >= 4 is 35.2 Å². The van der Waals surface area contributed by atoms with Crippen molar-refractivity contribution in [2.45, 2.75) is 10.1 Å². The topological polar surface area (TPSA) is 113 Å². The van der Waals surface area contributed by atoms with Crippen LogP contribution in [0.25, 0.3) is 0 Å². The van der Waals surface area contributed by atoms with Crippen LogP contribution >= 0.6 is 11.8 Å². The van der Waals surface area contributed by atoms with Gasteiger partial charge in [0.25, 0.3) is 0 Å². The summed E-state index contributed by atoms with van der Waals surface area (Å²) in [7, 11) is 1.64. The Labute approximate surface area is 166 Å². The van der Waals surface area contributed by atoms with E-state index in [1.165, 1.54) is 0 Å². The van der Waals surface area contributed by atoms with E-state index in [0.717, 1.165) is 21.9 Å². The number of Topliss-reactive ketones (excluding diaryl/α,β-unsaturated/α-hetero) is 1. The van der Waals surface area contributed by atoms with Crippen LogP contribution in [0.15, 0.2) is 65.6 Å². The molecule has 146 valence electrons. The highest BCUT2D eigenvalue weighted by Crippen LogP contribution is 2.41. The fraction of sp³-hybridized carbons (Fsp3) is 0.150. The molecule has 3 rings (SSSR count). The van der Waals surface area contributed by atoms with Gasteiger partial charge in [-0.15, -0.1) is 11.8 Å². The summed E-state index contributed by atoms with van der Waals surface area (Å²) in [6.45, 7) is 0.362. The number of aliphatic carboxylic acids is 2. The van der Waals surface area contributed by atoms with Gasteiger partial charge in [0, 0.05) is 22.7 Å². The van der Waals surface area contributed by atoms with Gasteiger partial charge in [0.05, 0.1) is 18.9 Å². The van der Waals surface area contributed by atoms with Gasteiger partial charge in [0.15, 0.2) is 5.78 Å². The third-order valence-electron chi connectivity index (χ3n) is 3.66. The second-order valence-corrected chi connectivity index (χ2v) is 6.74. The predicted molar refractivity (Wildman–Crippen MR) is 106 cm³/mol. The van der Waals surface area contributed by atoms with Crippen molar-refractivity contribution in [1.29, 1.82) is 0 Å². The molecule has 28 heavy (non-hydrogen) atoms. The van der Waals surface area contributed by atoms with E-state index in [1.54, 1.807) is 18.9 Å². The van der Waals surface area contributed by atoms with Gasteiger partial charge in [-0.05, 0) is 29.8 Å². The zero-order valence-electron chi connectivity index (χ0n) is 15.0. The van der Waals surface area contributed by atoms with Crippen molar-refractivity contribution < 1.29 is 29.3 Å². The van der Waals surface area contributed by atoms with Gasteiger partial charge in [-0.2, -0.15) is 0 Å². The highest BCUT2D eigenvalue weighted by Gasteiger charge is 2.25. The van der Waals surface area contributed by atoms with E-state index in [9.17, 15) is 14.4 Å². The number of hydrogen-bond acceptors (Lipinski definition) is 6. The normalized spacial score (nSPS) is 15.5. The third kappa shape index (κ3) is 6.17. The number of thioether (sulfide) groups is 1. The first-order valence-electron chi connectivity index (χ1n) is 8.21. The number of carbonyl (C=O) groups is 3. The van der Waals surface area contributed by atoms with Crippen LogP contribution in [-0.2, 0) is 14.4 Å². The first kappa shape index (κ1) is 21.0. The second kappa shape index (κ2) is 10.2. The van der Waals surface area contributed by atoms with Crippen LogP contribution in [0.5, 0.6) is 5.75 Å². The predicted octanol–water partition coefficient (Wildman–Crippen LogP) is 3.23. The Bertz CT molecular complexity index is 863. The molecule has 0 aliphatic carbocycles. The number of nitrogens with one attached hydrogen (secondary N) is 1. The van der Waals surface area contributed by atoms with Gasteiger partial charge in [0.2, 0.25) is 0 Å². The number of carboxylic acids is 2. The quantitative estimate of drug-likeness (QED) is 0.669. The summed E-state index contributed by atoms with van der Waals surface area (Å²) in [6, 6.07) is 15.7. The number of para-hydroxylation sites is 1. The van der Waals surface area contributed by atoms with E-state index < -0.39 is 11.9 Å². The van der Waals surface area contributed by atoms with Crippen molar-refractivity contribution in [1.82, 2.24) is 0 Å². The maximum Gasteiger partial charge on any atom is 0.328 e. The van der Waals surface area contributed by atoms with Crippen LogP contribution in [0.3, 0.4) is 0 Å². The zero-order chi connectivity index (χ0) is 20.5. The average Bonchev–Trinajstić information content (AvgIpc) is 2.86. The lowest BCUT2D eigenvalue weighted by Gasteiger charge is -2.13. The maximum absolute atomic E-state index is 12.3. The molecule has 0 saturated carbocycles. The van der Waals surface area contributed by atoms with Crippen molar-refractivity contribution in [2.24, 2.45) is 0 Å². The van der Waals surface area contributed by atoms with E-state index in [-0.39, 0.29) is 11.0 Å². The van der Waals surface area contributed by atoms with Crippen molar-refractivity contribution in [3.05, 3.63) is 66.2 Å². The Kier molecular flexibility index (Phi) is 7.65. The van der Waals surface area contributed by atoms with Gasteiger partial charge < -0.3 is 20.3 Å².